The molecule has 1 aliphatic heterocycles. The topological polar surface area (TPSA) is 76.5 Å². The summed E-state index contributed by atoms with van der Waals surface area (Å²) in [4.78, 5) is 30.4. The summed E-state index contributed by atoms with van der Waals surface area (Å²) in [6.45, 7) is 4.50. The number of aromatic nitrogens is 2. The zero-order valence-electron chi connectivity index (χ0n) is 16.3. The van der Waals surface area contributed by atoms with Crippen LogP contribution >= 0.6 is 0 Å². The number of piperidine rings is 1. The molecule has 1 aromatic heterocycles. The van der Waals surface area contributed by atoms with Crippen LogP contribution in [0.25, 0.3) is 0 Å². The Bertz CT molecular complexity index is 775. The molecule has 3 rings (SSSR count). The Kier molecular flexibility index (Phi) is 7.06. The molecule has 0 bridgehead atoms. The van der Waals surface area contributed by atoms with E-state index in [4.69, 9.17) is 4.74 Å². The van der Waals surface area contributed by atoms with Crippen LogP contribution in [0.15, 0.2) is 42.7 Å². The lowest BCUT2D eigenvalue weighted by Gasteiger charge is -2.31. The number of hydrogen-bond donors (Lipinski definition) is 1. The van der Waals surface area contributed by atoms with Crippen molar-refractivity contribution in [3.8, 4) is 0 Å². The first-order chi connectivity index (χ1) is 13.7. The molecule has 2 aromatic rings. The molecule has 150 valence electrons. The summed E-state index contributed by atoms with van der Waals surface area (Å²) in [5, 5.41) is 3.00. The fourth-order valence-corrected chi connectivity index (χ4v) is 3.51. The Labute approximate surface area is 165 Å². The van der Waals surface area contributed by atoms with Gasteiger partial charge in [-0.25, -0.2) is 9.78 Å². The minimum atomic E-state index is -0.331. The van der Waals surface area contributed by atoms with Crippen LogP contribution in [0.1, 0.15) is 31.2 Å². The fourth-order valence-electron chi connectivity index (χ4n) is 3.51. The number of nitrogens with zero attached hydrogens (tertiary/aromatic N) is 3. The van der Waals surface area contributed by atoms with Crippen molar-refractivity contribution in [1.82, 2.24) is 19.8 Å². The van der Waals surface area contributed by atoms with Gasteiger partial charge in [0.15, 0.2) is 0 Å². The number of carbonyl (C=O) groups is 2. The summed E-state index contributed by atoms with van der Waals surface area (Å²) < 4.78 is 7.15. The molecule has 1 fully saturated rings. The molecule has 1 aliphatic rings. The molecule has 1 unspecified atom stereocenters. The van der Waals surface area contributed by atoms with Gasteiger partial charge in [-0.1, -0.05) is 30.3 Å². The van der Waals surface area contributed by atoms with E-state index in [1.165, 1.54) is 5.56 Å². The van der Waals surface area contributed by atoms with Crippen LogP contribution in [0.4, 0.5) is 4.79 Å². The lowest BCUT2D eigenvalue weighted by molar-refractivity contribution is -0.126. The number of carbonyl (C=O) groups excluding carboxylic acids is 2. The number of hydrogen-bond acceptors (Lipinski definition) is 4. The van der Waals surface area contributed by atoms with Crippen LogP contribution in [0.3, 0.4) is 0 Å². The third-order valence-electron chi connectivity index (χ3n) is 4.96. The smallest absolute Gasteiger partial charge is 0.409 e. The van der Waals surface area contributed by atoms with E-state index in [0.29, 0.717) is 32.7 Å². The van der Waals surface area contributed by atoms with E-state index in [0.717, 1.165) is 25.2 Å². The van der Waals surface area contributed by atoms with E-state index in [-0.39, 0.29) is 17.9 Å². The molecule has 1 saturated heterocycles. The van der Waals surface area contributed by atoms with Gasteiger partial charge in [-0.05, 0) is 25.3 Å². The van der Waals surface area contributed by atoms with Crippen LogP contribution in [0.5, 0.6) is 0 Å². The third kappa shape index (κ3) is 5.34. The third-order valence-corrected chi connectivity index (χ3v) is 4.96. The second kappa shape index (κ2) is 9.92. The predicted octanol–water partition coefficient (Wildman–Crippen LogP) is 2.46. The molecule has 1 N–H and O–H groups in total. The highest BCUT2D eigenvalue weighted by atomic mass is 16.6. The van der Waals surface area contributed by atoms with E-state index in [1.54, 1.807) is 18.0 Å². The van der Waals surface area contributed by atoms with Gasteiger partial charge in [0, 0.05) is 45.0 Å². The van der Waals surface area contributed by atoms with Crippen molar-refractivity contribution in [2.24, 2.45) is 5.92 Å². The van der Waals surface area contributed by atoms with Gasteiger partial charge in [0.25, 0.3) is 0 Å². The van der Waals surface area contributed by atoms with E-state index in [9.17, 15) is 9.59 Å². The summed E-state index contributed by atoms with van der Waals surface area (Å²) >= 11 is 0. The molecule has 7 nitrogen and oxygen atoms in total. The average Bonchev–Trinajstić information content (AvgIpc) is 3.16. The first-order valence-electron chi connectivity index (χ1n) is 9.90. The lowest BCUT2D eigenvalue weighted by Crippen LogP contribution is -2.46. The highest BCUT2D eigenvalue weighted by molar-refractivity contribution is 5.80. The van der Waals surface area contributed by atoms with Crippen molar-refractivity contribution in [2.45, 2.75) is 32.7 Å². The molecule has 1 aromatic carbocycles. The SMILES string of the molecule is CCOC(=O)N1CCCC(C(=O)NCCc2nccn2Cc2ccccc2)C1. The van der Waals surface area contributed by atoms with Crippen LogP contribution in [0, 0.1) is 5.92 Å². The van der Waals surface area contributed by atoms with Gasteiger partial charge in [0.1, 0.15) is 5.82 Å². The van der Waals surface area contributed by atoms with Gasteiger partial charge in [-0.3, -0.25) is 4.79 Å². The van der Waals surface area contributed by atoms with E-state index in [1.807, 2.05) is 24.4 Å². The number of likely N-dealkylation sites (tertiary alicyclic amines) is 1. The maximum absolute atomic E-state index is 12.5. The number of imidazole rings is 1. The van der Waals surface area contributed by atoms with Crippen molar-refractivity contribution in [1.29, 1.82) is 0 Å². The Morgan fingerprint density at radius 1 is 1.29 bits per heavy atom. The fraction of sp³-hybridized carbons (Fsp3) is 0.476. The summed E-state index contributed by atoms with van der Waals surface area (Å²) in [5.74, 6) is 0.762. The molecule has 2 heterocycles. The summed E-state index contributed by atoms with van der Waals surface area (Å²) in [5.41, 5.74) is 1.21. The molecule has 0 saturated carbocycles. The first kappa shape index (κ1) is 19.9. The molecular formula is C21H28N4O3. The molecule has 2 amide bonds. The summed E-state index contributed by atoms with van der Waals surface area (Å²) in [6.07, 6.45) is 5.70. The van der Waals surface area contributed by atoms with E-state index >= 15 is 0 Å². The minimum absolute atomic E-state index is 0.00448. The van der Waals surface area contributed by atoms with Crippen LogP contribution in [-0.2, 0) is 22.5 Å². The van der Waals surface area contributed by atoms with Crippen LogP contribution in [0.2, 0.25) is 0 Å². The summed E-state index contributed by atoms with van der Waals surface area (Å²) in [6, 6.07) is 10.2. The summed E-state index contributed by atoms with van der Waals surface area (Å²) in [7, 11) is 0. The van der Waals surface area contributed by atoms with Crippen molar-refractivity contribution < 1.29 is 14.3 Å². The second-order valence-corrected chi connectivity index (χ2v) is 6.98. The standard InChI is InChI=1S/C21H28N4O3/c1-2-28-21(27)25-13-6-9-18(16-25)20(26)23-11-10-19-22-12-14-24(19)15-17-7-4-3-5-8-17/h3-5,7-8,12,14,18H,2,6,9-11,13,15-16H2,1H3,(H,23,26). The van der Waals surface area contributed by atoms with Gasteiger partial charge in [0.05, 0.1) is 12.5 Å². The van der Waals surface area contributed by atoms with Crippen molar-refractivity contribution in [3.05, 3.63) is 54.1 Å². The number of benzene rings is 1. The van der Waals surface area contributed by atoms with Gasteiger partial charge in [-0.2, -0.15) is 0 Å². The average molecular weight is 384 g/mol. The highest BCUT2D eigenvalue weighted by Gasteiger charge is 2.28. The van der Waals surface area contributed by atoms with Gasteiger partial charge in [0.2, 0.25) is 5.91 Å². The lowest BCUT2D eigenvalue weighted by atomic mass is 9.97. The van der Waals surface area contributed by atoms with Crippen molar-refractivity contribution in [3.63, 3.8) is 0 Å². The van der Waals surface area contributed by atoms with E-state index in [2.05, 4.69) is 27.0 Å². The molecule has 1 atom stereocenters. The maximum atomic E-state index is 12.5. The first-order valence-corrected chi connectivity index (χ1v) is 9.90. The van der Waals surface area contributed by atoms with Crippen molar-refractivity contribution >= 4 is 12.0 Å². The number of rotatable bonds is 7. The normalized spacial score (nSPS) is 16.6. The van der Waals surface area contributed by atoms with Crippen LogP contribution < -0.4 is 5.32 Å². The van der Waals surface area contributed by atoms with Gasteiger partial charge < -0.3 is 19.5 Å². The van der Waals surface area contributed by atoms with Crippen LogP contribution in [-0.4, -0.2) is 52.7 Å². The Morgan fingerprint density at radius 2 is 2.11 bits per heavy atom. The molecule has 7 heteroatoms. The zero-order valence-corrected chi connectivity index (χ0v) is 16.3. The molecule has 0 radical (unpaired) electrons. The quantitative estimate of drug-likeness (QED) is 0.796. The highest BCUT2D eigenvalue weighted by Crippen LogP contribution is 2.17. The van der Waals surface area contributed by atoms with E-state index < -0.39 is 0 Å². The zero-order chi connectivity index (χ0) is 19.8. The maximum Gasteiger partial charge on any atom is 0.409 e. The van der Waals surface area contributed by atoms with Crippen molar-refractivity contribution in [2.75, 3.05) is 26.2 Å². The Morgan fingerprint density at radius 3 is 2.89 bits per heavy atom. The Balaban J connectivity index is 1.47. The second-order valence-electron chi connectivity index (χ2n) is 6.98. The molecule has 0 aliphatic carbocycles. The van der Waals surface area contributed by atoms with Gasteiger partial charge >= 0.3 is 6.09 Å². The predicted molar refractivity (Wildman–Crippen MR) is 106 cm³/mol. The monoisotopic (exact) mass is 384 g/mol. The number of ether oxygens (including phenoxy) is 1. The van der Waals surface area contributed by atoms with Gasteiger partial charge in [-0.15, -0.1) is 0 Å². The molecule has 28 heavy (non-hydrogen) atoms. The molecule has 0 spiro atoms. The Hall–Kier alpha value is -2.83. The number of nitrogens with one attached hydrogen (secondary N) is 1. The number of amides is 2. The largest absolute Gasteiger partial charge is 0.450 e. The minimum Gasteiger partial charge on any atom is -0.450 e. The molecular weight excluding hydrogens is 356 g/mol.